The number of nitrogens with zero attached hydrogens (tertiary/aromatic N) is 3. The fraction of sp³-hybridized carbons (Fsp3) is 0. The van der Waals surface area contributed by atoms with Gasteiger partial charge >= 0.3 is 0 Å². The molecule has 0 aliphatic carbocycles. The molecular formula is C40H23N3S. The summed E-state index contributed by atoms with van der Waals surface area (Å²) < 4.78 is 47.4. The van der Waals surface area contributed by atoms with Gasteiger partial charge in [0.15, 0.2) is 0 Å². The molecule has 3 nitrogen and oxygen atoms in total. The van der Waals surface area contributed by atoms with Gasteiger partial charge in [-0.3, -0.25) is 4.57 Å². The summed E-state index contributed by atoms with van der Waals surface area (Å²) in [6, 6.07) is 35.5. The topological polar surface area (TPSA) is 30.7 Å². The second-order valence-corrected chi connectivity index (χ2v) is 12.1. The maximum Gasteiger partial charge on any atom is 0.235 e. The molecule has 3 heterocycles. The van der Waals surface area contributed by atoms with Crippen LogP contribution in [0, 0.1) is 0 Å². The van der Waals surface area contributed by atoms with Crippen molar-refractivity contribution in [3.05, 3.63) is 139 Å². The molecule has 0 spiro atoms. The standard InChI is InChI=1S/C40H23N3S/c1-2-11-25(12-3-1)37-31-21-18-24-10-4-5-13-27(24)38(31)42-40(41-37)43-34-16-8-6-14-28(34)33-22-26-19-20-30-29-15-7-9-17-36(29)44-39(30)32(26)23-35(33)43/h1-23H/i1D,2D,3D,11D,12D. The summed E-state index contributed by atoms with van der Waals surface area (Å²) in [5.41, 5.74) is 2.82. The molecule has 7 aromatic carbocycles. The van der Waals surface area contributed by atoms with E-state index in [0.717, 1.165) is 43.4 Å². The van der Waals surface area contributed by atoms with Gasteiger partial charge in [0.25, 0.3) is 0 Å². The van der Waals surface area contributed by atoms with Gasteiger partial charge < -0.3 is 0 Å². The number of thiophene rings is 1. The van der Waals surface area contributed by atoms with Crippen LogP contribution in [0.1, 0.15) is 6.85 Å². The predicted molar refractivity (Wildman–Crippen MR) is 187 cm³/mol. The Labute approximate surface area is 263 Å². The first-order valence-corrected chi connectivity index (χ1v) is 15.2. The molecule has 0 N–H and O–H groups in total. The fourth-order valence-electron chi connectivity index (χ4n) is 6.70. The maximum absolute atomic E-state index is 8.89. The fourth-order valence-corrected chi connectivity index (χ4v) is 7.93. The minimum absolute atomic E-state index is 0.0492. The lowest BCUT2D eigenvalue weighted by molar-refractivity contribution is 1.02. The molecular weight excluding hydrogens is 555 g/mol. The van der Waals surface area contributed by atoms with Crippen LogP contribution < -0.4 is 0 Å². The van der Waals surface area contributed by atoms with Crippen LogP contribution in [0.15, 0.2) is 139 Å². The maximum atomic E-state index is 8.89. The minimum atomic E-state index is -0.440. The molecule has 4 heteroatoms. The predicted octanol–water partition coefficient (Wildman–Crippen LogP) is 11.1. The number of benzene rings is 7. The Morgan fingerprint density at radius 1 is 0.545 bits per heavy atom. The van der Waals surface area contributed by atoms with Gasteiger partial charge in [-0.1, -0.05) is 109 Å². The SMILES string of the molecule is [2H]c1c([2H])c([2H])c(-c2nc(-n3c4ccccc4c4cc5ccc6c7ccccc7sc6c5cc43)nc3c2ccc2ccccc23)c([2H])c1[2H]. The largest absolute Gasteiger partial charge is 0.278 e. The second kappa shape index (κ2) is 8.96. The van der Waals surface area contributed by atoms with Gasteiger partial charge in [-0.15, -0.1) is 11.3 Å². The zero-order valence-electron chi connectivity index (χ0n) is 28.1. The van der Waals surface area contributed by atoms with Gasteiger partial charge in [-0.05, 0) is 41.1 Å². The summed E-state index contributed by atoms with van der Waals surface area (Å²) in [5, 5.41) is 9.29. The van der Waals surface area contributed by atoms with Crippen LogP contribution in [0.3, 0.4) is 0 Å². The van der Waals surface area contributed by atoms with E-state index in [-0.39, 0.29) is 17.6 Å². The summed E-state index contributed by atoms with van der Waals surface area (Å²) >= 11 is 1.79. The van der Waals surface area contributed by atoms with E-state index >= 15 is 0 Å². The highest BCUT2D eigenvalue weighted by Gasteiger charge is 2.19. The molecule has 10 rings (SSSR count). The molecule has 0 atom stereocenters. The van der Waals surface area contributed by atoms with Crippen molar-refractivity contribution in [2.24, 2.45) is 0 Å². The van der Waals surface area contributed by atoms with Gasteiger partial charge in [-0.25, -0.2) is 9.97 Å². The third-order valence-corrected chi connectivity index (χ3v) is 9.89. The van der Waals surface area contributed by atoms with Crippen LogP contribution in [-0.2, 0) is 0 Å². The van der Waals surface area contributed by atoms with E-state index in [4.69, 9.17) is 16.8 Å². The van der Waals surface area contributed by atoms with Gasteiger partial charge in [0.1, 0.15) is 0 Å². The molecule has 0 unspecified atom stereocenters. The molecule has 0 aliphatic rings. The van der Waals surface area contributed by atoms with Crippen molar-refractivity contribution in [3.8, 4) is 17.2 Å². The lowest BCUT2D eigenvalue weighted by atomic mass is 10.0. The zero-order chi connectivity index (χ0) is 33.1. The summed E-state index contributed by atoms with van der Waals surface area (Å²) in [7, 11) is 0. The van der Waals surface area contributed by atoms with Gasteiger partial charge in [0.2, 0.25) is 5.95 Å². The summed E-state index contributed by atoms with van der Waals surface area (Å²) in [4.78, 5) is 10.4. The van der Waals surface area contributed by atoms with Crippen LogP contribution in [0.4, 0.5) is 0 Å². The van der Waals surface area contributed by atoms with Crippen molar-refractivity contribution in [3.63, 3.8) is 0 Å². The number of para-hydroxylation sites is 1. The third-order valence-electron chi connectivity index (χ3n) is 8.67. The average molecular weight is 583 g/mol. The summed E-state index contributed by atoms with van der Waals surface area (Å²) in [6.45, 7) is 0. The molecule has 3 aromatic heterocycles. The Kier molecular flexibility index (Phi) is 3.99. The Balaban J connectivity index is 1.38. The van der Waals surface area contributed by atoms with Crippen LogP contribution in [-0.4, -0.2) is 14.5 Å². The second-order valence-electron chi connectivity index (χ2n) is 11.0. The van der Waals surface area contributed by atoms with E-state index in [0.29, 0.717) is 22.5 Å². The van der Waals surface area contributed by atoms with Crippen LogP contribution >= 0.6 is 11.3 Å². The quantitative estimate of drug-likeness (QED) is 0.190. The Hall–Kier alpha value is -5.58. The number of hydrogen-bond acceptors (Lipinski definition) is 3. The van der Waals surface area contributed by atoms with E-state index < -0.39 is 18.1 Å². The highest BCUT2D eigenvalue weighted by atomic mass is 32.1. The molecule has 44 heavy (non-hydrogen) atoms. The Morgan fingerprint density at radius 3 is 2.20 bits per heavy atom. The van der Waals surface area contributed by atoms with E-state index in [1.54, 1.807) is 11.3 Å². The first-order chi connectivity index (χ1) is 23.9. The van der Waals surface area contributed by atoms with Gasteiger partial charge in [-0.2, -0.15) is 0 Å². The highest BCUT2D eigenvalue weighted by Crippen LogP contribution is 2.42. The van der Waals surface area contributed by atoms with Crippen molar-refractivity contribution in [2.75, 3.05) is 0 Å². The summed E-state index contributed by atoms with van der Waals surface area (Å²) in [5.74, 6) is 0.361. The molecule has 0 amide bonds. The van der Waals surface area contributed by atoms with Gasteiger partial charge in [0, 0.05) is 52.7 Å². The van der Waals surface area contributed by atoms with Crippen molar-refractivity contribution >= 4 is 85.8 Å². The molecule has 0 fully saturated rings. The molecule has 204 valence electrons. The lowest BCUT2D eigenvalue weighted by Gasteiger charge is -2.13. The molecule has 0 saturated carbocycles. The zero-order valence-corrected chi connectivity index (χ0v) is 24.0. The first-order valence-electron chi connectivity index (χ1n) is 16.9. The average Bonchev–Trinajstić information content (AvgIpc) is 3.68. The normalized spacial score (nSPS) is 13.7. The Bertz CT molecular complexity index is 3040. The Morgan fingerprint density at radius 2 is 1.30 bits per heavy atom. The van der Waals surface area contributed by atoms with Crippen molar-refractivity contribution < 1.29 is 6.85 Å². The highest BCUT2D eigenvalue weighted by molar-refractivity contribution is 7.26. The number of rotatable bonds is 2. The number of fused-ring (bicyclic) bond motifs is 11. The lowest BCUT2D eigenvalue weighted by Crippen LogP contribution is -2.03. The van der Waals surface area contributed by atoms with Crippen molar-refractivity contribution in [1.29, 1.82) is 0 Å². The van der Waals surface area contributed by atoms with Crippen LogP contribution in [0.25, 0.3) is 91.6 Å². The smallest absolute Gasteiger partial charge is 0.235 e. The van der Waals surface area contributed by atoms with Crippen molar-refractivity contribution in [2.45, 2.75) is 0 Å². The van der Waals surface area contributed by atoms with Crippen LogP contribution in [0.2, 0.25) is 0 Å². The molecule has 0 saturated heterocycles. The summed E-state index contributed by atoms with van der Waals surface area (Å²) in [6.07, 6.45) is 0. The number of aromatic nitrogens is 3. The minimum Gasteiger partial charge on any atom is -0.278 e. The third kappa shape index (κ3) is 3.31. The van der Waals surface area contributed by atoms with E-state index in [1.807, 2.05) is 48.5 Å². The molecule has 10 aromatic rings. The van der Waals surface area contributed by atoms with Gasteiger partial charge in [0.05, 0.1) is 29.1 Å². The van der Waals surface area contributed by atoms with E-state index in [1.165, 1.54) is 20.2 Å². The number of hydrogen-bond donors (Lipinski definition) is 0. The molecule has 0 aliphatic heterocycles. The molecule has 0 bridgehead atoms. The van der Waals surface area contributed by atoms with E-state index in [2.05, 4.69) is 65.2 Å². The monoisotopic (exact) mass is 582 g/mol. The molecule has 0 radical (unpaired) electrons. The van der Waals surface area contributed by atoms with Crippen molar-refractivity contribution in [1.82, 2.24) is 14.5 Å². The van der Waals surface area contributed by atoms with Crippen LogP contribution in [0.5, 0.6) is 0 Å². The first kappa shape index (κ1) is 19.6. The van der Waals surface area contributed by atoms with E-state index in [9.17, 15) is 0 Å².